The number of carbonyl (C=O) groups is 2. The Morgan fingerprint density at radius 3 is 2.72 bits per heavy atom. The number of aromatic nitrogens is 2. The summed E-state index contributed by atoms with van der Waals surface area (Å²) >= 11 is 0. The molecule has 2 saturated heterocycles. The number of hydrogen-bond donors (Lipinski definition) is 1. The largest absolute Gasteiger partial charge is 0.379 e. The summed E-state index contributed by atoms with van der Waals surface area (Å²) in [6, 6.07) is 0.425. The highest BCUT2D eigenvalue weighted by Crippen LogP contribution is 2.27. The van der Waals surface area contributed by atoms with Crippen molar-refractivity contribution in [3.63, 3.8) is 0 Å². The molecule has 138 valence electrons. The van der Waals surface area contributed by atoms with E-state index in [0.29, 0.717) is 6.04 Å². The Balaban J connectivity index is 1.73. The molecule has 0 aromatic carbocycles. The first-order valence-electron chi connectivity index (χ1n) is 8.88. The summed E-state index contributed by atoms with van der Waals surface area (Å²) in [4.78, 5) is 28.1. The van der Waals surface area contributed by atoms with Gasteiger partial charge in [-0.2, -0.15) is 5.10 Å². The van der Waals surface area contributed by atoms with Gasteiger partial charge >= 0.3 is 0 Å². The van der Waals surface area contributed by atoms with E-state index in [9.17, 15) is 9.59 Å². The third-order valence-electron chi connectivity index (χ3n) is 5.04. The van der Waals surface area contributed by atoms with Gasteiger partial charge in [-0.3, -0.25) is 19.2 Å². The van der Waals surface area contributed by atoms with Crippen molar-refractivity contribution >= 4 is 11.8 Å². The predicted octanol–water partition coefficient (Wildman–Crippen LogP) is -0.600. The quantitative estimate of drug-likeness (QED) is 0.768. The lowest BCUT2D eigenvalue weighted by Gasteiger charge is -2.37. The van der Waals surface area contributed by atoms with Gasteiger partial charge < -0.3 is 15.0 Å². The number of carbonyl (C=O) groups excluding carboxylic acids is 2. The molecule has 0 aliphatic carbocycles. The van der Waals surface area contributed by atoms with E-state index in [1.807, 2.05) is 24.3 Å². The lowest BCUT2D eigenvalue weighted by atomic mass is 10.00. The van der Waals surface area contributed by atoms with Crippen molar-refractivity contribution < 1.29 is 14.3 Å². The molecule has 0 bridgehead atoms. The molecular weight excluding hydrogens is 322 g/mol. The molecule has 25 heavy (non-hydrogen) atoms. The number of likely N-dealkylation sites (tertiary alicyclic amines) is 1. The van der Waals surface area contributed by atoms with Gasteiger partial charge in [0.25, 0.3) is 0 Å². The third kappa shape index (κ3) is 4.38. The standard InChI is InChI=1S/C17H27N5O3/c1-13(23)18-11-17(24)22-4-3-15(21-5-7-25-8-6-21)16(22)9-14-10-19-20(2)12-14/h10,12,15-16H,3-9,11H2,1-2H3,(H,18,23)/t15-,16+/m1/s1. The summed E-state index contributed by atoms with van der Waals surface area (Å²) in [7, 11) is 1.90. The van der Waals surface area contributed by atoms with Gasteiger partial charge in [-0.25, -0.2) is 0 Å². The minimum atomic E-state index is -0.180. The molecule has 3 heterocycles. The van der Waals surface area contributed by atoms with Crippen molar-refractivity contribution in [2.24, 2.45) is 7.05 Å². The van der Waals surface area contributed by atoms with E-state index in [1.165, 1.54) is 6.92 Å². The Labute approximate surface area is 148 Å². The Morgan fingerprint density at radius 1 is 1.32 bits per heavy atom. The second kappa shape index (κ2) is 7.97. The van der Waals surface area contributed by atoms with Crippen molar-refractivity contribution in [3.05, 3.63) is 18.0 Å². The fourth-order valence-electron chi connectivity index (χ4n) is 3.85. The van der Waals surface area contributed by atoms with Gasteiger partial charge in [-0.15, -0.1) is 0 Å². The second-order valence-corrected chi connectivity index (χ2v) is 6.79. The van der Waals surface area contributed by atoms with Gasteiger partial charge in [0.1, 0.15) is 0 Å². The van der Waals surface area contributed by atoms with Crippen LogP contribution in [0.15, 0.2) is 12.4 Å². The normalized spacial score (nSPS) is 24.5. The minimum absolute atomic E-state index is 0.0140. The molecular formula is C17H27N5O3. The molecule has 0 saturated carbocycles. The summed E-state index contributed by atoms with van der Waals surface area (Å²) in [5.74, 6) is -0.194. The summed E-state index contributed by atoms with van der Waals surface area (Å²) in [5, 5.41) is 6.87. The molecule has 8 nitrogen and oxygen atoms in total. The van der Waals surface area contributed by atoms with E-state index in [0.717, 1.165) is 51.3 Å². The summed E-state index contributed by atoms with van der Waals surface area (Å²) in [6.07, 6.45) is 5.61. The van der Waals surface area contributed by atoms with Gasteiger partial charge in [-0.05, 0) is 18.4 Å². The lowest BCUT2D eigenvalue weighted by molar-refractivity contribution is -0.133. The molecule has 0 spiro atoms. The van der Waals surface area contributed by atoms with Gasteiger partial charge in [-0.1, -0.05) is 0 Å². The lowest BCUT2D eigenvalue weighted by Crippen LogP contribution is -2.52. The average Bonchev–Trinajstić information content (AvgIpc) is 3.20. The van der Waals surface area contributed by atoms with Crippen LogP contribution < -0.4 is 5.32 Å². The highest BCUT2D eigenvalue weighted by molar-refractivity contribution is 5.84. The number of morpholine rings is 1. The molecule has 2 aliphatic heterocycles. The number of nitrogens with one attached hydrogen (secondary N) is 1. The zero-order valence-corrected chi connectivity index (χ0v) is 15.0. The number of amides is 2. The SMILES string of the molecule is CC(=O)NCC(=O)N1CC[C@@H](N2CCOCC2)[C@@H]1Cc1cnn(C)c1. The maximum absolute atomic E-state index is 12.6. The maximum atomic E-state index is 12.6. The number of nitrogens with zero attached hydrogens (tertiary/aromatic N) is 4. The first-order valence-corrected chi connectivity index (χ1v) is 8.88. The second-order valence-electron chi connectivity index (χ2n) is 6.79. The van der Waals surface area contributed by atoms with Crippen molar-refractivity contribution in [1.82, 2.24) is 24.9 Å². The van der Waals surface area contributed by atoms with E-state index >= 15 is 0 Å². The predicted molar refractivity (Wildman–Crippen MR) is 91.9 cm³/mol. The van der Waals surface area contributed by atoms with Gasteiger partial charge in [0.15, 0.2) is 0 Å². The number of rotatable bonds is 5. The van der Waals surface area contributed by atoms with Crippen LogP contribution in [0.25, 0.3) is 0 Å². The summed E-state index contributed by atoms with van der Waals surface area (Å²) in [6.45, 7) is 5.52. The molecule has 2 atom stereocenters. The van der Waals surface area contributed by atoms with Crippen LogP contribution in [0.1, 0.15) is 18.9 Å². The molecule has 1 aromatic rings. The molecule has 1 aromatic heterocycles. The van der Waals surface area contributed by atoms with Gasteiger partial charge in [0, 0.05) is 45.8 Å². The smallest absolute Gasteiger partial charge is 0.242 e. The van der Waals surface area contributed by atoms with E-state index < -0.39 is 0 Å². The van der Waals surface area contributed by atoms with Crippen molar-refractivity contribution in [2.45, 2.75) is 31.8 Å². The average molecular weight is 349 g/mol. The topological polar surface area (TPSA) is 79.7 Å². The molecule has 3 rings (SSSR count). The van der Waals surface area contributed by atoms with Crippen LogP contribution in [0.4, 0.5) is 0 Å². The number of hydrogen-bond acceptors (Lipinski definition) is 5. The molecule has 1 N–H and O–H groups in total. The molecule has 0 radical (unpaired) electrons. The summed E-state index contributed by atoms with van der Waals surface area (Å²) in [5.41, 5.74) is 1.13. The van der Waals surface area contributed by atoms with Gasteiger partial charge in [0.2, 0.25) is 11.8 Å². The van der Waals surface area contributed by atoms with Gasteiger partial charge in [0.05, 0.1) is 32.0 Å². The summed E-state index contributed by atoms with van der Waals surface area (Å²) < 4.78 is 7.26. The monoisotopic (exact) mass is 349 g/mol. The molecule has 2 fully saturated rings. The zero-order chi connectivity index (χ0) is 17.8. The minimum Gasteiger partial charge on any atom is -0.379 e. The highest BCUT2D eigenvalue weighted by atomic mass is 16.5. The van der Waals surface area contributed by atoms with Crippen LogP contribution in [-0.4, -0.2) is 82.9 Å². The van der Waals surface area contributed by atoms with Crippen LogP contribution in [0, 0.1) is 0 Å². The number of ether oxygens (including phenoxy) is 1. The molecule has 8 heteroatoms. The molecule has 0 unspecified atom stereocenters. The highest BCUT2D eigenvalue weighted by Gasteiger charge is 2.40. The van der Waals surface area contributed by atoms with Crippen LogP contribution in [0.3, 0.4) is 0 Å². The van der Waals surface area contributed by atoms with Crippen molar-refractivity contribution in [3.8, 4) is 0 Å². The molecule has 2 aliphatic rings. The van der Waals surface area contributed by atoms with Crippen LogP contribution >= 0.6 is 0 Å². The van der Waals surface area contributed by atoms with Crippen LogP contribution in [0.2, 0.25) is 0 Å². The van der Waals surface area contributed by atoms with Crippen LogP contribution in [0.5, 0.6) is 0 Å². The fraction of sp³-hybridized carbons (Fsp3) is 0.706. The molecule has 2 amide bonds. The van der Waals surface area contributed by atoms with Crippen molar-refractivity contribution in [2.75, 3.05) is 39.4 Å². The Kier molecular flexibility index (Phi) is 5.70. The Hall–Kier alpha value is -1.93. The first kappa shape index (κ1) is 17.9. The Bertz CT molecular complexity index is 611. The fourth-order valence-corrected chi connectivity index (χ4v) is 3.85. The van der Waals surface area contributed by atoms with E-state index in [1.54, 1.807) is 4.68 Å². The first-order chi connectivity index (χ1) is 12.0. The maximum Gasteiger partial charge on any atom is 0.242 e. The van der Waals surface area contributed by atoms with E-state index in [-0.39, 0.29) is 24.4 Å². The Morgan fingerprint density at radius 2 is 2.08 bits per heavy atom. The van der Waals surface area contributed by atoms with E-state index in [4.69, 9.17) is 4.74 Å². The third-order valence-corrected chi connectivity index (χ3v) is 5.04. The van der Waals surface area contributed by atoms with E-state index in [2.05, 4.69) is 15.3 Å². The zero-order valence-electron chi connectivity index (χ0n) is 15.0. The number of aryl methyl sites for hydroxylation is 1. The van der Waals surface area contributed by atoms with Crippen molar-refractivity contribution in [1.29, 1.82) is 0 Å². The van der Waals surface area contributed by atoms with Crippen LogP contribution in [-0.2, 0) is 27.8 Å².